The molecule has 0 radical (unpaired) electrons. The van der Waals surface area contributed by atoms with Gasteiger partial charge in [-0.3, -0.25) is 9.05 Å². The Kier molecular flexibility index (Phi) is 3.62. The molecular weight excluding hydrogens is 235 g/mol. The van der Waals surface area contributed by atoms with E-state index in [0.717, 1.165) is 0 Å². The van der Waals surface area contributed by atoms with Crippen molar-refractivity contribution in [1.82, 2.24) is 0 Å². The normalized spacial score (nSPS) is 10.9. The van der Waals surface area contributed by atoms with Crippen LogP contribution in [0.2, 0.25) is 0 Å². The van der Waals surface area contributed by atoms with E-state index in [0.29, 0.717) is 11.5 Å². The third-order valence-corrected chi connectivity index (χ3v) is 3.14. The predicted octanol–water partition coefficient (Wildman–Crippen LogP) is 3.53. The van der Waals surface area contributed by atoms with Crippen LogP contribution in [0.15, 0.2) is 60.7 Å². The molecule has 0 unspecified atom stereocenters. The molecule has 0 aliphatic rings. The van der Waals surface area contributed by atoms with Crippen LogP contribution in [0.5, 0.6) is 11.5 Å². The van der Waals surface area contributed by atoms with Crippen LogP contribution in [-0.4, -0.2) is 11.6 Å². The van der Waals surface area contributed by atoms with Gasteiger partial charge in [0, 0.05) is 0 Å². The number of rotatable bonds is 4. The quantitative estimate of drug-likeness (QED) is 0.842. The molecule has 17 heavy (non-hydrogen) atoms. The van der Waals surface area contributed by atoms with Gasteiger partial charge in [0.15, 0.2) is 11.5 Å². The summed E-state index contributed by atoms with van der Waals surface area (Å²) in [6, 6.07) is 18.3. The summed E-state index contributed by atoms with van der Waals surface area (Å²) in [4.78, 5) is 10.1. The lowest BCUT2D eigenvalue weighted by Gasteiger charge is -2.13. The Bertz CT molecular complexity index is 413. The van der Waals surface area contributed by atoms with Crippen molar-refractivity contribution in [3.63, 3.8) is 0 Å². The van der Waals surface area contributed by atoms with Gasteiger partial charge in [0.05, 0.1) is 0 Å². The number of benzene rings is 2. The van der Waals surface area contributed by atoms with Crippen molar-refractivity contribution in [1.29, 1.82) is 0 Å². The predicted molar refractivity (Wildman–Crippen MR) is 69.2 cm³/mol. The zero-order chi connectivity index (χ0) is 12.1. The Morgan fingerprint density at radius 2 is 1.12 bits per heavy atom. The first kappa shape index (κ1) is 11.9. The summed E-state index contributed by atoms with van der Waals surface area (Å²) in [6.45, 7) is 1.56. The highest BCUT2D eigenvalue weighted by Crippen LogP contribution is 2.52. The first-order chi connectivity index (χ1) is 8.16. The van der Waals surface area contributed by atoms with Crippen LogP contribution in [0, 0.1) is 0 Å². The van der Waals surface area contributed by atoms with Crippen LogP contribution in [0.4, 0.5) is 0 Å². The third-order valence-electron chi connectivity index (χ3n) is 2.04. The lowest BCUT2D eigenvalue weighted by molar-refractivity contribution is 0.355. The van der Waals surface area contributed by atoms with Crippen molar-refractivity contribution in [2.75, 3.05) is 6.66 Å². The third kappa shape index (κ3) is 3.74. The summed E-state index contributed by atoms with van der Waals surface area (Å²) in [6.07, 6.45) is 0. The van der Waals surface area contributed by atoms with Crippen molar-refractivity contribution in [3.8, 4) is 11.5 Å². The molecule has 2 rings (SSSR count). The topological polar surface area (TPSA) is 38.7 Å². The van der Waals surface area contributed by atoms with E-state index >= 15 is 0 Å². The van der Waals surface area contributed by atoms with Gasteiger partial charge in [-0.05, 0) is 24.3 Å². The molecule has 0 fully saturated rings. The summed E-state index contributed by atoms with van der Waals surface area (Å²) < 4.78 is 10.9. The molecule has 88 valence electrons. The molecule has 2 aromatic rings. The molecule has 3 nitrogen and oxygen atoms in total. The lowest BCUT2D eigenvalue weighted by Crippen LogP contribution is -2.06. The Balaban J connectivity index is 2.04. The molecule has 0 saturated heterocycles. The van der Waals surface area contributed by atoms with Gasteiger partial charge in [-0.15, -0.1) is 0 Å². The van der Waals surface area contributed by atoms with Gasteiger partial charge in [0.25, 0.3) is 0 Å². The number of hydrogen-bond acceptors (Lipinski definition) is 3. The second kappa shape index (κ2) is 5.17. The van der Waals surface area contributed by atoms with Gasteiger partial charge in [-0.1, -0.05) is 36.4 Å². The van der Waals surface area contributed by atoms with Crippen molar-refractivity contribution in [3.05, 3.63) is 60.7 Å². The van der Waals surface area contributed by atoms with E-state index in [1.807, 2.05) is 36.4 Å². The standard InChI is InChI=1S/C13H14O3P/c1-17(14,15-12-8-4-2-5-9-12)16-13-10-6-3-7-11-13/h2-11,14H,1H3/q+1. The molecule has 0 aliphatic carbocycles. The fraction of sp³-hybridized carbons (Fsp3) is 0.0769. The van der Waals surface area contributed by atoms with E-state index in [2.05, 4.69) is 0 Å². The maximum Gasteiger partial charge on any atom is 0.492 e. The fourth-order valence-corrected chi connectivity index (χ4v) is 2.44. The van der Waals surface area contributed by atoms with Crippen LogP contribution in [0.25, 0.3) is 0 Å². The minimum atomic E-state index is -2.89. The van der Waals surface area contributed by atoms with Crippen molar-refractivity contribution < 1.29 is 13.9 Å². The van der Waals surface area contributed by atoms with Gasteiger partial charge in [0.2, 0.25) is 0 Å². The molecule has 0 amide bonds. The average Bonchev–Trinajstić information content (AvgIpc) is 2.30. The van der Waals surface area contributed by atoms with Gasteiger partial charge in [-0.25, -0.2) is 0 Å². The average molecular weight is 249 g/mol. The molecule has 4 heteroatoms. The number of hydrogen-bond donors (Lipinski definition) is 1. The summed E-state index contributed by atoms with van der Waals surface area (Å²) in [5.74, 6) is 1.20. The summed E-state index contributed by atoms with van der Waals surface area (Å²) in [5.41, 5.74) is 0. The minimum absolute atomic E-state index is 0.599. The fourth-order valence-electron chi connectivity index (χ4n) is 1.37. The SMILES string of the molecule is C[P+](O)(Oc1ccccc1)Oc1ccccc1. The minimum Gasteiger partial charge on any atom is -0.278 e. The molecule has 0 aromatic heterocycles. The van der Waals surface area contributed by atoms with Crippen LogP contribution >= 0.6 is 7.94 Å². The summed E-state index contributed by atoms with van der Waals surface area (Å²) in [5, 5.41) is 0. The first-order valence-corrected chi connectivity index (χ1v) is 7.27. The van der Waals surface area contributed by atoms with Gasteiger partial charge >= 0.3 is 7.94 Å². The molecule has 0 atom stereocenters. The largest absolute Gasteiger partial charge is 0.492 e. The second-order valence-corrected chi connectivity index (χ2v) is 5.58. The molecule has 0 spiro atoms. The van der Waals surface area contributed by atoms with E-state index in [1.165, 1.54) is 0 Å². The molecule has 0 aliphatic heterocycles. The van der Waals surface area contributed by atoms with Gasteiger partial charge < -0.3 is 0 Å². The second-order valence-electron chi connectivity index (χ2n) is 3.61. The summed E-state index contributed by atoms with van der Waals surface area (Å²) >= 11 is 0. The van der Waals surface area contributed by atoms with Gasteiger partial charge in [-0.2, -0.15) is 4.89 Å². The van der Waals surface area contributed by atoms with Crippen molar-refractivity contribution in [2.24, 2.45) is 0 Å². The molecule has 0 saturated carbocycles. The monoisotopic (exact) mass is 249 g/mol. The molecule has 0 heterocycles. The maximum absolute atomic E-state index is 10.1. The van der Waals surface area contributed by atoms with Crippen LogP contribution in [0.3, 0.4) is 0 Å². The van der Waals surface area contributed by atoms with E-state index in [1.54, 1.807) is 30.9 Å². The highest BCUT2D eigenvalue weighted by Gasteiger charge is 2.36. The van der Waals surface area contributed by atoms with Crippen LogP contribution in [0.1, 0.15) is 0 Å². The molecular formula is C13H14O3P+. The summed E-state index contributed by atoms with van der Waals surface area (Å²) in [7, 11) is -2.89. The van der Waals surface area contributed by atoms with E-state index in [-0.39, 0.29) is 0 Å². The highest BCUT2D eigenvalue weighted by atomic mass is 31.2. The smallest absolute Gasteiger partial charge is 0.278 e. The zero-order valence-electron chi connectivity index (χ0n) is 9.48. The first-order valence-electron chi connectivity index (χ1n) is 5.24. The highest BCUT2D eigenvalue weighted by molar-refractivity contribution is 7.60. The number of para-hydroxylation sites is 2. The lowest BCUT2D eigenvalue weighted by atomic mass is 10.3. The zero-order valence-corrected chi connectivity index (χ0v) is 10.4. The van der Waals surface area contributed by atoms with Crippen LogP contribution in [-0.2, 0) is 0 Å². The Labute approximate surface area is 101 Å². The van der Waals surface area contributed by atoms with Gasteiger partial charge in [0.1, 0.15) is 6.66 Å². The molecule has 1 N–H and O–H groups in total. The van der Waals surface area contributed by atoms with Crippen molar-refractivity contribution in [2.45, 2.75) is 0 Å². The van der Waals surface area contributed by atoms with Crippen molar-refractivity contribution >= 4 is 7.94 Å². The van der Waals surface area contributed by atoms with E-state index in [4.69, 9.17) is 9.05 Å². The Morgan fingerprint density at radius 1 is 0.765 bits per heavy atom. The maximum atomic E-state index is 10.1. The van der Waals surface area contributed by atoms with Crippen LogP contribution < -0.4 is 9.05 Å². The van der Waals surface area contributed by atoms with E-state index in [9.17, 15) is 4.89 Å². The molecule has 2 aromatic carbocycles. The Hall–Kier alpha value is -1.57. The molecule has 0 bridgehead atoms. The van der Waals surface area contributed by atoms with E-state index < -0.39 is 7.94 Å². The Morgan fingerprint density at radius 3 is 1.47 bits per heavy atom.